The number of rotatable bonds is 7. The molecule has 1 aromatic carbocycles. The molecule has 27 heavy (non-hydrogen) atoms. The second-order valence-electron chi connectivity index (χ2n) is 7.10. The summed E-state index contributed by atoms with van der Waals surface area (Å²) in [6.07, 6.45) is 1.80. The fraction of sp³-hybridized carbons (Fsp3) is 0.588. The van der Waals surface area contributed by atoms with Gasteiger partial charge in [-0.3, -0.25) is 0 Å². The van der Waals surface area contributed by atoms with Crippen LogP contribution in [0.1, 0.15) is 26.7 Å². The number of sulfonamides is 1. The summed E-state index contributed by atoms with van der Waals surface area (Å²) in [6, 6.07) is 4.66. The molecule has 1 aliphatic rings. The van der Waals surface area contributed by atoms with E-state index in [4.69, 9.17) is 0 Å². The molecule has 2 amide bonds. The van der Waals surface area contributed by atoms with Gasteiger partial charge in [-0.25, -0.2) is 17.9 Å². The van der Waals surface area contributed by atoms with Crippen LogP contribution in [-0.2, 0) is 16.6 Å². The van der Waals surface area contributed by atoms with E-state index in [1.807, 2.05) is 13.8 Å². The molecule has 0 saturated carbocycles. The van der Waals surface area contributed by atoms with Crippen LogP contribution < -0.4 is 10.6 Å². The number of hydrogen-bond acceptors (Lipinski definition) is 5. The number of benzene rings is 1. The van der Waals surface area contributed by atoms with E-state index in [0.29, 0.717) is 44.2 Å². The molecule has 148 valence electrons. The second kappa shape index (κ2) is 8.22. The van der Waals surface area contributed by atoms with E-state index in [1.54, 1.807) is 22.9 Å². The average molecular weight is 395 g/mol. The maximum absolute atomic E-state index is 12.7. The van der Waals surface area contributed by atoms with Crippen molar-refractivity contribution in [3.8, 4) is 0 Å². The maximum atomic E-state index is 12.7. The predicted octanol–water partition coefficient (Wildman–Crippen LogP) is 1.17. The fourth-order valence-corrected chi connectivity index (χ4v) is 4.53. The van der Waals surface area contributed by atoms with Crippen molar-refractivity contribution in [1.29, 1.82) is 0 Å². The Balaban J connectivity index is 1.64. The average Bonchev–Trinajstić information content (AvgIpc) is 3.30. The van der Waals surface area contributed by atoms with E-state index in [2.05, 4.69) is 20.9 Å². The zero-order chi connectivity index (χ0) is 19.4. The summed E-state index contributed by atoms with van der Waals surface area (Å²) in [5.74, 6) is 0.390. The van der Waals surface area contributed by atoms with Crippen LogP contribution in [0, 0.1) is 5.92 Å². The Hall–Kier alpha value is -2.20. The third-order valence-electron chi connectivity index (χ3n) is 4.47. The summed E-state index contributed by atoms with van der Waals surface area (Å²) in [4.78, 5) is 11.9. The summed E-state index contributed by atoms with van der Waals surface area (Å²) in [6.45, 7) is 6.65. The Labute approximate surface area is 159 Å². The van der Waals surface area contributed by atoms with Crippen molar-refractivity contribution in [2.24, 2.45) is 5.92 Å². The van der Waals surface area contributed by atoms with Crippen LogP contribution in [0.4, 0.5) is 4.79 Å². The van der Waals surface area contributed by atoms with Gasteiger partial charge in [-0.1, -0.05) is 19.1 Å². The Morgan fingerprint density at radius 1 is 1.22 bits per heavy atom. The van der Waals surface area contributed by atoms with Crippen LogP contribution >= 0.6 is 0 Å². The zero-order valence-electron chi connectivity index (χ0n) is 15.7. The molecule has 9 nitrogen and oxygen atoms in total. The SMILES string of the molecule is CC(C)CNC(=O)NCCn1nnc2cc(S(=O)(=O)N3CCCC3)ccc21. The van der Waals surface area contributed by atoms with Crippen LogP contribution in [-0.4, -0.2) is 59.9 Å². The maximum Gasteiger partial charge on any atom is 0.314 e. The Kier molecular flexibility index (Phi) is 5.95. The van der Waals surface area contributed by atoms with Gasteiger partial charge in [0.2, 0.25) is 10.0 Å². The minimum Gasteiger partial charge on any atom is -0.338 e. The molecule has 2 aromatic rings. The van der Waals surface area contributed by atoms with Crippen molar-refractivity contribution < 1.29 is 13.2 Å². The van der Waals surface area contributed by atoms with E-state index in [9.17, 15) is 13.2 Å². The monoisotopic (exact) mass is 394 g/mol. The number of aromatic nitrogens is 3. The molecule has 0 atom stereocenters. The van der Waals surface area contributed by atoms with Gasteiger partial charge < -0.3 is 10.6 Å². The quantitative estimate of drug-likeness (QED) is 0.733. The molecule has 2 heterocycles. The van der Waals surface area contributed by atoms with Crippen molar-refractivity contribution in [2.75, 3.05) is 26.2 Å². The molecule has 0 bridgehead atoms. The zero-order valence-corrected chi connectivity index (χ0v) is 16.5. The van der Waals surface area contributed by atoms with Gasteiger partial charge in [-0.2, -0.15) is 4.31 Å². The van der Waals surface area contributed by atoms with Gasteiger partial charge in [0.25, 0.3) is 0 Å². The van der Waals surface area contributed by atoms with E-state index in [1.165, 1.54) is 4.31 Å². The van der Waals surface area contributed by atoms with Gasteiger partial charge in [0.1, 0.15) is 5.52 Å². The van der Waals surface area contributed by atoms with Gasteiger partial charge in [-0.15, -0.1) is 5.10 Å². The van der Waals surface area contributed by atoms with E-state index >= 15 is 0 Å². The molecule has 1 aliphatic heterocycles. The lowest BCUT2D eigenvalue weighted by molar-refractivity contribution is 0.239. The number of carbonyl (C=O) groups is 1. The van der Waals surface area contributed by atoms with Gasteiger partial charge in [0, 0.05) is 26.2 Å². The number of carbonyl (C=O) groups excluding carboxylic acids is 1. The van der Waals surface area contributed by atoms with Crippen LogP contribution in [0.15, 0.2) is 23.1 Å². The third kappa shape index (κ3) is 4.56. The molecule has 0 aliphatic carbocycles. The topological polar surface area (TPSA) is 109 Å². The number of fused-ring (bicyclic) bond motifs is 1. The molecular weight excluding hydrogens is 368 g/mol. The first-order valence-electron chi connectivity index (χ1n) is 9.23. The van der Waals surface area contributed by atoms with Gasteiger partial charge in [0.05, 0.1) is 17.0 Å². The van der Waals surface area contributed by atoms with Crippen molar-refractivity contribution in [1.82, 2.24) is 29.9 Å². The molecule has 1 fully saturated rings. The molecule has 0 radical (unpaired) electrons. The summed E-state index contributed by atoms with van der Waals surface area (Å²) < 4.78 is 28.5. The van der Waals surface area contributed by atoms with Crippen LogP contribution in [0.2, 0.25) is 0 Å². The lowest BCUT2D eigenvalue weighted by atomic mass is 10.2. The van der Waals surface area contributed by atoms with Crippen LogP contribution in [0.3, 0.4) is 0 Å². The largest absolute Gasteiger partial charge is 0.338 e. The highest BCUT2D eigenvalue weighted by molar-refractivity contribution is 7.89. The molecule has 1 aromatic heterocycles. The van der Waals surface area contributed by atoms with Gasteiger partial charge >= 0.3 is 6.03 Å². The molecular formula is C17H26N6O3S. The standard InChI is InChI=1S/C17H26N6O3S/c1-13(2)12-19-17(24)18-7-10-23-16-6-5-14(11-15(16)20-21-23)27(25,26)22-8-3-4-9-22/h5-6,11,13H,3-4,7-10,12H2,1-2H3,(H2,18,19,24). The highest BCUT2D eigenvalue weighted by atomic mass is 32.2. The number of nitrogens with zero attached hydrogens (tertiary/aromatic N) is 4. The molecule has 2 N–H and O–H groups in total. The number of amides is 2. The van der Waals surface area contributed by atoms with Gasteiger partial charge in [-0.05, 0) is 37.0 Å². The molecule has 1 saturated heterocycles. The van der Waals surface area contributed by atoms with Crippen LogP contribution in [0.25, 0.3) is 11.0 Å². The smallest absolute Gasteiger partial charge is 0.314 e. The number of hydrogen-bond donors (Lipinski definition) is 2. The summed E-state index contributed by atoms with van der Waals surface area (Å²) >= 11 is 0. The summed E-state index contributed by atoms with van der Waals surface area (Å²) in [5.41, 5.74) is 1.26. The highest BCUT2D eigenvalue weighted by Gasteiger charge is 2.27. The number of urea groups is 1. The minimum atomic E-state index is -3.47. The van der Waals surface area contributed by atoms with Crippen molar-refractivity contribution in [2.45, 2.75) is 38.1 Å². The van der Waals surface area contributed by atoms with E-state index in [-0.39, 0.29) is 10.9 Å². The van der Waals surface area contributed by atoms with Crippen molar-refractivity contribution in [3.05, 3.63) is 18.2 Å². The lowest BCUT2D eigenvalue weighted by Gasteiger charge is -2.15. The molecule has 10 heteroatoms. The molecule has 0 spiro atoms. The molecule has 0 unspecified atom stereocenters. The number of nitrogens with one attached hydrogen (secondary N) is 2. The van der Waals surface area contributed by atoms with E-state index < -0.39 is 10.0 Å². The lowest BCUT2D eigenvalue weighted by Crippen LogP contribution is -2.38. The Morgan fingerprint density at radius 2 is 1.96 bits per heavy atom. The Bertz CT molecular complexity index is 903. The van der Waals surface area contributed by atoms with Crippen LogP contribution in [0.5, 0.6) is 0 Å². The minimum absolute atomic E-state index is 0.216. The second-order valence-corrected chi connectivity index (χ2v) is 9.04. The molecule has 3 rings (SSSR count). The fourth-order valence-electron chi connectivity index (χ4n) is 2.99. The first kappa shape index (κ1) is 19.6. The third-order valence-corrected chi connectivity index (χ3v) is 6.36. The normalized spacial score (nSPS) is 15.5. The Morgan fingerprint density at radius 3 is 2.67 bits per heavy atom. The van der Waals surface area contributed by atoms with Crippen molar-refractivity contribution >= 4 is 27.1 Å². The van der Waals surface area contributed by atoms with E-state index in [0.717, 1.165) is 18.4 Å². The summed E-state index contributed by atoms with van der Waals surface area (Å²) in [5, 5.41) is 13.7. The van der Waals surface area contributed by atoms with Gasteiger partial charge in [0.15, 0.2) is 0 Å². The first-order chi connectivity index (χ1) is 12.9. The summed E-state index contributed by atoms with van der Waals surface area (Å²) in [7, 11) is -3.47. The highest BCUT2D eigenvalue weighted by Crippen LogP contribution is 2.23. The predicted molar refractivity (Wildman–Crippen MR) is 102 cm³/mol. The van der Waals surface area contributed by atoms with Crippen molar-refractivity contribution in [3.63, 3.8) is 0 Å². The first-order valence-corrected chi connectivity index (χ1v) is 10.7.